The number of rotatable bonds is 3. The van der Waals surface area contributed by atoms with Crippen molar-refractivity contribution in [2.45, 2.75) is 25.3 Å². The summed E-state index contributed by atoms with van der Waals surface area (Å²) in [6.07, 6.45) is 2.84. The fourth-order valence-electron chi connectivity index (χ4n) is 2.66. The standard InChI is InChI=1S/C12H21N3O3/c16-11(17)9-14-5-2-6-15(8-7-14)12(18)10-3-1-4-13-10/h10,13H,1-9H2,(H,16,17). The Morgan fingerprint density at radius 3 is 2.67 bits per heavy atom. The minimum absolute atomic E-state index is 0.0176. The summed E-state index contributed by atoms with van der Waals surface area (Å²) in [6.45, 7) is 3.80. The molecule has 1 amide bonds. The zero-order chi connectivity index (χ0) is 13.0. The lowest BCUT2D eigenvalue weighted by atomic mass is 10.2. The van der Waals surface area contributed by atoms with E-state index in [2.05, 4.69) is 5.32 Å². The SMILES string of the molecule is O=C(O)CN1CCCN(C(=O)C2CCCN2)CC1. The molecule has 0 saturated carbocycles. The van der Waals surface area contributed by atoms with E-state index in [-0.39, 0.29) is 18.5 Å². The Hall–Kier alpha value is -1.14. The van der Waals surface area contributed by atoms with Crippen LogP contribution in [0, 0.1) is 0 Å². The van der Waals surface area contributed by atoms with Gasteiger partial charge in [-0.15, -0.1) is 0 Å². The van der Waals surface area contributed by atoms with Crippen molar-refractivity contribution in [3.63, 3.8) is 0 Å². The zero-order valence-corrected chi connectivity index (χ0v) is 10.6. The summed E-state index contributed by atoms with van der Waals surface area (Å²) in [7, 11) is 0. The van der Waals surface area contributed by atoms with E-state index in [0.717, 1.165) is 38.9 Å². The summed E-state index contributed by atoms with van der Waals surface area (Å²) in [5, 5.41) is 12.0. The molecule has 102 valence electrons. The van der Waals surface area contributed by atoms with Crippen LogP contribution < -0.4 is 5.32 Å². The molecule has 0 radical (unpaired) electrons. The predicted molar refractivity (Wildman–Crippen MR) is 66.3 cm³/mol. The van der Waals surface area contributed by atoms with E-state index in [4.69, 9.17) is 5.11 Å². The van der Waals surface area contributed by atoms with Crippen LogP contribution in [0.4, 0.5) is 0 Å². The van der Waals surface area contributed by atoms with Crippen LogP contribution in [0.1, 0.15) is 19.3 Å². The number of carbonyl (C=O) groups excluding carboxylic acids is 1. The van der Waals surface area contributed by atoms with E-state index in [0.29, 0.717) is 13.1 Å². The highest BCUT2D eigenvalue weighted by molar-refractivity contribution is 5.82. The zero-order valence-electron chi connectivity index (χ0n) is 10.6. The molecule has 1 atom stereocenters. The maximum Gasteiger partial charge on any atom is 0.317 e. The highest BCUT2D eigenvalue weighted by atomic mass is 16.4. The van der Waals surface area contributed by atoms with Crippen LogP contribution in [0.3, 0.4) is 0 Å². The number of carboxylic acid groups (broad SMARTS) is 1. The third kappa shape index (κ3) is 3.43. The van der Waals surface area contributed by atoms with Crippen molar-refractivity contribution in [3.8, 4) is 0 Å². The number of nitrogens with zero attached hydrogens (tertiary/aromatic N) is 2. The molecule has 2 heterocycles. The Morgan fingerprint density at radius 2 is 2.00 bits per heavy atom. The van der Waals surface area contributed by atoms with Crippen molar-refractivity contribution in [2.75, 3.05) is 39.3 Å². The first-order chi connectivity index (χ1) is 8.66. The molecule has 2 saturated heterocycles. The molecule has 1 unspecified atom stereocenters. The monoisotopic (exact) mass is 255 g/mol. The summed E-state index contributed by atoms with van der Waals surface area (Å²) in [5.74, 6) is -0.614. The van der Waals surface area contributed by atoms with Gasteiger partial charge in [0.05, 0.1) is 12.6 Å². The van der Waals surface area contributed by atoms with Crippen molar-refractivity contribution >= 4 is 11.9 Å². The molecule has 0 spiro atoms. The summed E-state index contributed by atoms with van der Waals surface area (Å²) < 4.78 is 0. The first-order valence-corrected chi connectivity index (χ1v) is 6.63. The fraction of sp³-hybridized carbons (Fsp3) is 0.833. The molecule has 0 aromatic carbocycles. The minimum Gasteiger partial charge on any atom is -0.480 e. The Morgan fingerprint density at radius 1 is 1.17 bits per heavy atom. The van der Waals surface area contributed by atoms with Crippen LogP contribution in [-0.2, 0) is 9.59 Å². The van der Waals surface area contributed by atoms with Gasteiger partial charge in [0.1, 0.15) is 0 Å². The predicted octanol–water partition coefficient (Wildman–Crippen LogP) is -0.643. The lowest BCUT2D eigenvalue weighted by Gasteiger charge is -2.24. The Labute approximate surface area is 107 Å². The average Bonchev–Trinajstić information content (AvgIpc) is 2.76. The normalized spacial score (nSPS) is 26.0. The highest BCUT2D eigenvalue weighted by Gasteiger charge is 2.28. The quantitative estimate of drug-likeness (QED) is 0.701. The minimum atomic E-state index is -0.799. The third-order valence-electron chi connectivity index (χ3n) is 3.62. The lowest BCUT2D eigenvalue weighted by Crippen LogP contribution is -2.45. The van der Waals surface area contributed by atoms with Gasteiger partial charge in [0.25, 0.3) is 0 Å². The van der Waals surface area contributed by atoms with Gasteiger partial charge in [-0.3, -0.25) is 14.5 Å². The summed E-state index contributed by atoms with van der Waals surface area (Å²) >= 11 is 0. The van der Waals surface area contributed by atoms with Crippen LogP contribution in [-0.4, -0.2) is 72.1 Å². The van der Waals surface area contributed by atoms with E-state index in [9.17, 15) is 9.59 Å². The van der Waals surface area contributed by atoms with E-state index >= 15 is 0 Å². The van der Waals surface area contributed by atoms with Crippen molar-refractivity contribution in [1.29, 1.82) is 0 Å². The molecule has 18 heavy (non-hydrogen) atoms. The van der Waals surface area contributed by atoms with Crippen molar-refractivity contribution in [2.24, 2.45) is 0 Å². The Bertz CT molecular complexity index is 316. The molecule has 2 aliphatic heterocycles. The summed E-state index contributed by atoms with van der Waals surface area (Å²) in [5.41, 5.74) is 0. The number of carbonyl (C=O) groups is 2. The molecular formula is C12H21N3O3. The second-order valence-corrected chi connectivity index (χ2v) is 5.00. The van der Waals surface area contributed by atoms with Gasteiger partial charge in [-0.05, 0) is 25.8 Å². The van der Waals surface area contributed by atoms with Gasteiger partial charge in [0.2, 0.25) is 5.91 Å². The van der Waals surface area contributed by atoms with Crippen molar-refractivity contribution in [3.05, 3.63) is 0 Å². The molecule has 2 fully saturated rings. The molecular weight excluding hydrogens is 234 g/mol. The molecule has 0 aromatic rings. The topological polar surface area (TPSA) is 72.9 Å². The number of amides is 1. The summed E-state index contributed by atoms with van der Waals surface area (Å²) in [4.78, 5) is 26.7. The van der Waals surface area contributed by atoms with Gasteiger partial charge in [-0.2, -0.15) is 0 Å². The molecule has 2 aliphatic rings. The van der Waals surface area contributed by atoms with Crippen LogP contribution in [0.15, 0.2) is 0 Å². The van der Waals surface area contributed by atoms with Crippen LogP contribution >= 0.6 is 0 Å². The van der Waals surface area contributed by atoms with Gasteiger partial charge in [0, 0.05) is 26.2 Å². The molecule has 6 nitrogen and oxygen atoms in total. The van der Waals surface area contributed by atoms with Crippen LogP contribution in [0.25, 0.3) is 0 Å². The van der Waals surface area contributed by atoms with Gasteiger partial charge < -0.3 is 15.3 Å². The van der Waals surface area contributed by atoms with E-state index in [1.807, 2.05) is 9.80 Å². The van der Waals surface area contributed by atoms with E-state index < -0.39 is 5.97 Å². The van der Waals surface area contributed by atoms with Crippen LogP contribution in [0.5, 0.6) is 0 Å². The number of carboxylic acids is 1. The maximum absolute atomic E-state index is 12.2. The molecule has 0 aliphatic carbocycles. The number of hydrogen-bond acceptors (Lipinski definition) is 4. The lowest BCUT2D eigenvalue weighted by molar-refractivity contribution is -0.138. The van der Waals surface area contributed by atoms with Gasteiger partial charge >= 0.3 is 5.97 Å². The molecule has 6 heteroatoms. The van der Waals surface area contributed by atoms with E-state index in [1.165, 1.54) is 0 Å². The van der Waals surface area contributed by atoms with Gasteiger partial charge in [0.15, 0.2) is 0 Å². The summed E-state index contributed by atoms with van der Waals surface area (Å²) in [6, 6.07) is -0.0176. The maximum atomic E-state index is 12.2. The van der Waals surface area contributed by atoms with Crippen molar-refractivity contribution < 1.29 is 14.7 Å². The second kappa shape index (κ2) is 6.15. The fourth-order valence-corrected chi connectivity index (χ4v) is 2.66. The number of aliphatic carboxylic acids is 1. The first-order valence-electron chi connectivity index (χ1n) is 6.63. The molecule has 0 aromatic heterocycles. The van der Waals surface area contributed by atoms with E-state index in [1.54, 1.807) is 0 Å². The highest BCUT2D eigenvalue weighted by Crippen LogP contribution is 2.11. The Kier molecular flexibility index (Phi) is 4.54. The van der Waals surface area contributed by atoms with Gasteiger partial charge in [-0.25, -0.2) is 0 Å². The molecule has 2 rings (SSSR count). The molecule has 2 N–H and O–H groups in total. The third-order valence-corrected chi connectivity index (χ3v) is 3.62. The first kappa shape index (κ1) is 13.3. The van der Waals surface area contributed by atoms with Crippen LogP contribution in [0.2, 0.25) is 0 Å². The number of hydrogen-bond donors (Lipinski definition) is 2. The Balaban J connectivity index is 1.84. The smallest absolute Gasteiger partial charge is 0.317 e. The number of nitrogens with one attached hydrogen (secondary N) is 1. The molecule has 0 bridgehead atoms. The average molecular weight is 255 g/mol. The van der Waals surface area contributed by atoms with Gasteiger partial charge in [-0.1, -0.05) is 0 Å². The van der Waals surface area contributed by atoms with Crippen molar-refractivity contribution in [1.82, 2.24) is 15.1 Å². The largest absolute Gasteiger partial charge is 0.480 e. The second-order valence-electron chi connectivity index (χ2n) is 5.00.